The van der Waals surface area contributed by atoms with E-state index in [0.29, 0.717) is 55.6 Å². The number of aromatic nitrogens is 3. The number of unbranched alkanes of at least 4 members (excludes halogenated alkanes) is 1. The molecule has 1 aromatic heterocycles. The normalized spacial score (nSPS) is 14.4. The molecule has 11 heteroatoms. The van der Waals surface area contributed by atoms with Crippen LogP contribution in [0.15, 0.2) is 83.2 Å². The van der Waals surface area contributed by atoms with Gasteiger partial charge in [-0.3, -0.25) is 0 Å². The van der Waals surface area contributed by atoms with E-state index in [1.54, 1.807) is 16.8 Å². The quantitative estimate of drug-likeness (QED) is 0.0995. The van der Waals surface area contributed by atoms with E-state index >= 15 is 0 Å². The number of thioether (sulfide) groups is 1. The third-order valence-corrected chi connectivity index (χ3v) is 8.52. The van der Waals surface area contributed by atoms with Crippen molar-refractivity contribution in [3.63, 3.8) is 0 Å². The van der Waals surface area contributed by atoms with Crippen molar-refractivity contribution in [2.24, 2.45) is 0 Å². The largest absolute Gasteiger partial charge is 0.489 e. The minimum absolute atomic E-state index is 0.254. The number of carbonyl (C=O) groups excluding carboxylic acids is 1. The van der Waals surface area contributed by atoms with Crippen molar-refractivity contribution in [3.05, 3.63) is 110 Å². The van der Waals surface area contributed by atoms with Gasteiger partial charge in [-0.25, -0.2) is 9.48 Å². The Hall–Kier alpha value is -3.17. The van der Waals surface area contributed by atoms with Gasteiger partial charge in [0.2, 0.25) is 11.1 Å². The van der Waals surface area contributed by atoms with E-state index < -0.39 is 12.0 Å². The molecule has 0 saturated carbocycles. The molecule has 1 aliphatic heterocycles. The summed E-state index contributed by atoms with van der Waals surface area (Å²) < 4.78 is 13.5. The molecule has 4 aromatic rings. The molecule has 0 aliphatic carbocycles. The van der Waals surface area contributed by atoms with Crippen LogP contribution in [0.1, 0.15) is 49.4 Å². The summed E-state index contributed by atoms with van der Waals surface area (Å²) in [4.78, 5) is 18.2. The summed E-state index contributed by atoms with van der Waals surface area (Å²) in [5.41, 5.74) is 3.71. The van der Waals surface area contributed by atoms with Crippen LogP contribution in [-0.2, 0) is 21.9 Å². The van der Waals surface area contributed by atoms with Crippen LogP contribution in [0.2, 0.25) is 15.1 Å². The summed E-state index contributed by atoms with van der Waals surface area (Å²) in [6.45, 7) is 4.49. The topological polar surface area (TPSA) is 78.3 Å². The maximum absolute atomic E-state index is 13.4. The van der Waals surface area contributed by atoms with Gasteiger partial charge in [0, 0.05) is 32.1 Å². The number of carbonyl (C=O) groups is 1. The molecule has 3 aromatic carbocycles. The molecule has 1 atom stereocenters. The number of rotatable bonds is 11. The van der Waals surface area contributed by atoms with Crippen molar-refractivity contribution in [3.8, 4) is 5.75 Å². The summed E-state index contributed by atoms with van der Waals surface area (Å²) in [5.74, 6) is 1.35. The zero-order valence-corrected chi connectivity index (χ0v) is 26.2. The Kier molecular flexibility index (Phi) is 10.0. The van der Waals surface area contributed by atoms with E-state index in [9.17, 15) is 4.79 Å². The Balaban J connectivity index is 1.45. The van der Waals surface area contributed by atoms with Gasteiger partial charge in [-0.15, -0.1) is 5.10 Å². The zero-order chi connectivity index (χ0) is 29.6. The molecule has 2 heterocycles. The van der Waals surface area contributed by atoms with Gasteiger partial charge in [-0.1, -0.05) is 96.3 Å². The zero-order valence-electron chi connectivity index (χ0n) is 23.1. The highest BCUT2D eigenvalue weighted by molar-refractivity contribution is 7.98. The van der Waals surface area contributed by atoms with Crippen molar-refractivity contribution in [1.82, 2.24) is 14.8 Å². The van der Waals surface area contributed by atoms with E-state index in [1.165, 1.54) is 11.8 Å². The molecular formula is C31H29Cl3N4O3S. The Morgan fingerprint density at radius 3 is 2.64 bits per heavy atom. The van der Waals surface area contributed by atoms with Crippen LogP contribution < -0.4 is 10.1 Å². The van der Waals surface area contributed by atoms with E-state index in [-0.39, 0.29) is 6.61 Å². The Labute approximate surface area is 264 Å². The van der Waals surface area contributed by atoms with E-state index in [4.69, 9.17) is 54.4 Å². The Bertz CT molecular complexity index is 1620. The second kappa shape index (κ2) is 13.9. The maximum atomic E-state index is 13.4. The highest BCUT2D eigenvalue weighted by atomic mass is 35.5. The van der Waals surface area contributed by atoms with Crippen molar-refractivity contribution < 1.29 is 14.3 Å². The number of ether oxygens (including phenoxy) is 2. The van der Waals surface area contributed by atoms with Crippen molar-refractivity contribution in [2.45, 2.75) is 50.2 Å². The molecule has 0 saturated heterocycles. The number of nitrogens with one attached hydrogen (secondary N) is 1. The van der Waals surface area contributed by atoms with Crippen molar-refractivity contribution in [1.29, 1.82) is 0 Å². The number of nitrogens with zero attached hydrogens (tertiary/aromatic N) is 3. The fourth-order valence-corrected chi connectivity index (χ4v) is 6.06. The molecule has 42 heavy (non-hydrogen) atoms. The summed E-state index contributed by atoms with van der Waals surface area (Å²) >= 11 is 20.2. The number of allylic oxidation sites excluding steroid dienone is 1. The van der Waals surface area contributed by atoms with E-state index in [0.717, 1.165) is 29.5 Å². The summed E-state index contributed by atoms with van der Waals surface area (Å²) in [6, 6.07) is 20.0. The number of anilines is 1. The first-order valence-corrected chi connectivity index (χ1v) is 15.6. The number of hydrogen-bond acceptors (Lipinski definition) is 7. The van der Waals surface area contributed by atoms with Gasteiger partial charge in [0.25, 0.3) is 0 Å². The lowest BCUT2D eigenvalue weighted by molar-refractivity contribution is -0.139. The Morgan fingerprint density at radius 2 is 1.86 bits per heavy atom. The first kappa shape index (κ1) is 30.3. The molecule has 0 spiro atoms. The first-order chi connectivity index (χ1) is 20.3. The number of fused-ring (bicyclic) bond motifs is 1. The number of esters is 1. The van der Waals surface area contributed by atoms with Crippen LogP contribution in [0.3, 0.4) is 0 Å². The number of hydrogen-bond donors (Lipinski definition) is 1. The summed E-state index contributed by atoms with van der Waals surface area (Å²) in [7, 11) is 0. The first-order valence-electron chi connectivity index (χ1n) is 13.5. The predicted octanol–water partition coefficient (Wildman–Crippen LogP) is 8.74. The average molecular weight is 644 g/mol. The smallest absolute Gasteiger partial charge is 0.338 e. The lowest BCUT2D eigenvalue weighted by Gasteiger charge is -2.28. The van der Waals surface area contributed by atoms with Gasteiger partial charge in [-0.2, -0.15) is 4.98 Å². The van der Waals surface area contributed by atoms with Crippen LogP contribution in [0, 0.1) is 0 Å². The van der Waals surface area contributed by atoms with Crippen molar-refractivity contribution in [2.75, 3.05) is 11.9 Å². The standard InChI is InChI=1S/C31H29Cl3N4O3S/c1-3-4-14-40-29(39)27-19(2)35-30-36-31(42-18-22-8-5-6-11-25(22)33)37-38(30)28(27)20-9-7-10-24(15-20)41-17-21-12-13-23(32)16-26(21)34/h5-13,15-16,28H,3-4,14,17-18H2,1-2H3,(H,35,36,37). The molecule has 7 nitrogen and oxygen atoms in total. The van der Waals surface area contributed by atoms with Crippen LogP contribution in [-0.4, -0.2) is 27.3 Å². The van der Waals surface area contributed by atoms with Gasteiger partial charge in [0.1, 0.15) is 18.4 Å². The molecular weight excluding hydrogens is 615 g/mol. The monoisotopic (exact) mass is 642 g/mol. The van der Waals surface area contributed by atoms with Gasteiger partial charge in [-0.05, 0) is 54.8 Å². The third kappa shape index (κ3) is 7.06. The maximum Gasteiger partial charge on any atom is 0.338 e. The molecule has 0 bridgehead atoms. The summed E-state index contributed by atoms with van der Waals surface area (Å²) in [6.07, 6.45) is 1.70. The number of benzene rings is 3. The molecule has 0 radical (unpaired) electrons. The lowest BCUT2D eigenvalue weighted by atomic mass is 9.95. The highest BCUT2D eigenvalue weighted by Gasteiger charge is 2.35. The minimum atomic E-state index is -0.583. The predicted molar refractivity (Wildman–Crippen MR) is 169 cm³/mol. The van der Waals surface area contributed by atoms with Crippen LogP contribution in [0.4, 0.5) is 5.95 Å². The minimum Gasteiger partial charge on any atom is -0.489 e. The highest BCUT2D eigenvalue weighted by Crippen LogP contribution is 2.38. The van der Waals surface area contributed by atoms with Gasteiger partial charge >= 0.3 is 5.97 Å². The Morgan fingerprint density at radius 1 is 1.02 bits per heavy atom. The molecule has 1 aliphatic rings. The summed E-state index contributed by atoms with van der Waals surface area (Å²) in [5, 5.41) is 10.4. The molecule has 0 fully saturated rings. The SMILES string of the molecule is CCCCOC(=O)C1=C(C)Nc2nc(SCc3ccccc3Cl)nn2C1c1cccc(OCc2ccc(Cl)cc2Cl)c1. The fraction of sp³-hybridized carbons (Fsp3) is 0.258. The molecule has 0 amide bonds. The van der Waals surface area contributed by atoms with Gasteiger partial charge < -0.3 is 14.8 Å². The van der Waals surface area contributed by atoms with E-state index in [2.05, 4.69) is 12.2 Å². The van der Waals surface area contributed by atoms with Crippen molar-refractivity contribution >= 4 is 58.5 Å². The van der Waals surface area contributed by atoms with Crippen LogP contribution in [0.5, 0.6) is 5.75 Å². The fourth-order valence-electron chi connectivity index (χ4n) is 4.48. The molecule has 1 N–H and O–H groups in total. The average Bonchev–Trinajstić information content (AvgIpc) is 3.38. The van der Waals surface area contributed by atoms with Gasteiger partial charge in [0.15, 0.2) is 0 Å². The van der Waals surface area contributed by atoms with E-state index in [1.807, 2.05) is 61.5 Å². The number of halogens is 3. The lowest BCUT2D eigenvalue weighted by Crippen LogP contribution is -2.29. The third-order valence-electron chi connectivity index (χ3n) is 6.68. The van der Waals surface area contributed by atoms with Crippen LogP contribution in [0.25, 0.3) is 0 Å². The molecule has 218 valence electrons. The second-order valence-corrected chi connectivity index (χ2v) is 11.9. The van der Waals surface area contributed by atoms with Gasteiger partial charge in [0.05, 0.1) is 12.2 Å². The molecule has 5 rings (SSSR count). The molecule has 1 unspecified atom stereocenters. The van der Waals surface area contributed by atoms with Crippen LogP contribution >= 0.6 is 46.6 Å². The second-order valence-electron chi connectivity index (χ2n) is 9.70.